The van der Waals surface area contributed by atoms with E-state index in [2.05, 4.69) is 45.3 Å². The van der Waals surface area contributed by atoms with Gasteiger partial charge in [-0.1, -0.05) is 13.8 Å². The van der Waals surface area contributed by atoms with Gasteiger partial charge < -0.3 is 15.0 Å². The Morgan fingerprint density at radius 3 is 2.79 bits per heavy atom. The molecule has 3 heteroatoms. The van der Waals surface area contributed by atoms with Gasteiger partial charge in [-0.15, -0.1) is 0 Å². The molecular weight excluding hydrogens is 236 g/mol. The molecule has 1 aromatic heterocycles. The average molecular weight is 264 g/mol. The molecule has 2 N–H and O–H groups in total. The zero-order valence-corrected chi connectivity index (χ0v) is 13.0. The highest BCUT2D eigenvalue weighted by molar-refractivity contribution is 5.34. The van der Waals surface area contributed by atoms with Gasteiger partial charge in [0, 0.05) is 24.0 Å². The first-order valence-corrected chi connectivity index (χ1v) is 7.36. The summed E-state index contributed by atoms with van der Waals surface area (Å²) in [5.41, 5.74) is 10.7. The number of rotatable bonds is 4. The maximum Gasteiger partial charge on any atom is 0.0649 e. The zero-order valence-electron chi connectivity index (χ0n) is 13.0. The van der Waals surface area contributed by atoms with Gasteiger partial charge >= 0.3 is 0 Å². The van der Waals surface area contributed by atoms with Crippen LogP contribution < -0.4 is 5.73 Å². The Morgan fingerprint density at radius 1 is 1.47 bits per heavy atom. The Labute approximate surface area is 117 Å². The molecule has 0 spiro atoms. The summed E-state index contributed by atoms with van der Waals surface area (Å²) in [4.78, 5) is 0. The first-order chi connectivity index (χ1) is 8.80. The largest absolute Gasteiger partial charge is 0.377 e. The highest BCUT2D eigenvalue weighted by Gasteiger charge is 2.33. The molecule has 108 valence electrons. The number of nitrogens with zero attached hydrogens (tertiary/aromatic N) is 1. The van der Waals surface area contributed by atoms with Gasteiger partial charge in [-0.05, 0) is 50.7 Å². The van der Waals surface area contributed by atoms with E-state index in [0.717, 1.165) is 26.0 Å². The number of aromatic nitrogens is 1. The highest BCUT2D eigenvalue weighted by Crippen LogP contribution is 2.40. The summed E-state index contributed by atoms with van der Waals surface area (Å²) >= 11 is 0. The number of nitrogens with two attached hydrogens (primary N) is 1. The summed E-state index contributed by atoms with van der Waals surface area (Å²) in [5, 5.41) is 0. The van der Waals surface area contributed by atoms with Gasteiger partial charge in [-0.25, -0.2) is 0 Å². The lowest BCUT2D eigenvalue weighted by molar-refractivity contribution is 0.0717. The molecule has 0 saturated carbocycles. The molecule has 0 radical (unpaired) electrons. The van der Waals surface area contributed by atoms with Crippen LogP contribution in [0.25, 0.3) is 0 Å². The van der Waals surface area contributed by atoms with Crippen LogP contribution in [0.4, 0.5) is 0 Å². The standard InChI is InChI=1S/C16H28N2O/c1-11(2)19-7-6-18-12(3)8-13-14(17)9-16(4,5)10-15(13)18/h8,11,14H,6-7,9-10,17H2,1-5H3. The van der Waals surface area contributed by atoms with Gasteiger partial charge in [0.1, 0.15) is 0 Å². The summed E-state index contributed by atoms with van der Waals surface area (Å²) in [6.45, 7) is 12.7. The van der Waals surface area contributed by atoms with Crippen molar-refractivity contribution >= 4 is 0 Å². The second kappa shape index (κ2) is 5.29. The molecule has 1 aromatic rings. The van der Waals surface area contributed by atoms with Crippen LogP contribution in [0.2, 0.25) is 0 Å². The lowest BCUT2D eigenvalue weighted by Gasteiger charge is -2.34. The lowest BCUT2D eigenvalue weighted by atomic mass is 9.74. The van der Waals surface area contributed by atoms with E-state index >= 15 is 0 Å². The topological polar surface area (TPSA) is 40.2 Å². The zero-order chi connectivity index (χ0) is 14.2. The van der Waals surface area contributed by atoms with Crippen LogP contribution in [0.5, 0.6) is 0 Å². The van der Waals surface area contributed by atoms with E-state index in [1.54, 1.807) is 0 Å². The SMILES string of the molecule is Cc1cc2c(n1CCOC(C)C)CC(C)(C)CC2N. The molecule has 1 aliphatic rings. The quantitative estimate of drug-likeness (QED) is 0.907. The van der Waals surface area contributed by atoms with Gasteiger partial charge in [0.05, 0.1) is 12.7 Å². The third-order valence-electron chi connectivity index (χ3n) is 4.03. The second-order valence-electron chi connectivity index (χ2n) is 6.91. The van der Waals surface area contributed by atoms with Gasteiger partial charge in [0.2, 0.25) is 0 Å². The molecule has 2 rings (SSSR count). The van der Waals surface area contributed by atoms with Crippen molar-refractivity contribution in [2.45, 2.75) is 66.2 Å². The highest BCUT2D eigenvalue weighted by atomic mass is 16.5. The summed E-state index contributed by atoms with van der Waals surface area (Å²) in [6.07, 6.45) is 2.49. The minimum Gasteiger partial charge on any atom is -0.377 e. The molecule has 0 saturated heterocycles. The number of hydrogen-bond acceptors (Lipinski definition) is 2. The molecule has 0 bridgehead atoms. The van der Waals surface area contributed by atoms with Crippen LogP contribution >= 0.6 is 0 Å². The van der Waals surface area contributed by atoms with E-state index in [-0.39, 0.29) is 6.04 Å². The van der Waals surface area contributed by atoms with Crippen molar-refractivity contribution in [1.29, 1.82) is 0 Å². The molecule has 1 aliphatic carbocycles. The third kappa shape index (κ3) is 3.21. The minimum atomic E-state index is 0.185. The van der Waals surface area contributed by atoms with Crippen LogP contribution in [0, 0.1) is 12.3 Å². The Bertz CT molecular complexity index is 446. The number of ether oxygens (including phenoxy) is 1. The molecule has 1 heterocycles. The molecule has 0 amide bonds. The Kier molecular flexibility index (Phi) is 4.07. The van der Waals surface area contributed by atoms with Gasteiger partial charge in [-0.2, -0.15) is 0 Å². The van der Waals surface area contributed by atoms with Crippen molar-refractivity contribution < 1.29 is 4.74 Å². The fourth-order valence-corrected chi connectivity index (χ4v) is 3.20. The lowest BCUT2D eigenvalue weighted by Crippen LogP contribution is -2.30. The number of hydrogen-bond donors (Lipinski definition) is 1. The Balaban J connectivity index is 2.21. The molecule has 19 heavy (non-hydrogen) atoms. The fraction of sp³-hybridized carbons (Fsp3) is 0.750. The van der Waals surface area contributed by atoms with Crippen molar-refractivity contribution in [1.82, 2.24) is 4.57 Å². The number of fused-ring (bicyclic) bond motifs is 1. The van der Waals surface area contributed by atoms with Gasteiger partial charge in [0.15, 0.2) is 0 Å². The molecule has 0 aromatic carbocycles. The van der Waals surface area contributed by atoms with E-state index in [1.807, 2.05) is 0 Å². The molecule has 1 unspecified atom stereocenters. The first-order valence-electron chi connectivity index (χ1n) is 7.36. The minimum absolute atomic E-state index is 0.185. The fourth-order valence-electron chi connectivity index (χ4n) is 3.20. The molecule has 0 fully saturated rings. The average Bonchev–Trinajstić information content (AvgIpc) is 2.55. The van der Waals surface area contributed by atoms with E-state index < -0.39 is 0 Å². The Morgan fingerprint density at radius 2 is 2.16 bits per heavy atom. The molecular formula is C16H28N2O. The van der Waals surface area contributed by atoms with E-state index in [4.69, 9.17) is 10.5 Å². The van der Waals surface area contributed by atoms with E-state index in [0.29, 0.717) is 11.5 Å². The van der Waals surface area contributed by atoms with Crippen LogP contribution in [-0.4, -0.2) is 17.3 Å². The van der Waals surface area contributed by atoms with Crippen molar-refractivity contribution in [3.63, 3.8) is 0 Å². The number of aryl methyl sites for hydroxylation is 1. The molecule has 0 aliphatic heterocycles. The third-order valence-corrected chi connectivity index (χ3v) is 4.03. The maximum absolute atomic E-state index is 6.34. The second-order valence-corrected chi connectivity index (χ2v) is 6.91. The van der Waals surface area contributed by atoms with E-state index in [1.165, 1.54) is 17.0 Å². The van der Waals surface area contributed by atoms with Crippen LogP contribution in [0.3, 0.4) is 0 Å². The van der Waals surface area contributed by atoms with Crippen LogP contribution in [0.1, 0.15) is 57.1 Å². The van der Waals surface area contributed by atoms with E-state index in [9.17, 15) is 0 Å². The first kappa shape index (κ1) is 14.6. The predicted molar refractivity (Wildman–Crippen MR) is 79.3 cm³/mol. The summed E-state index contributed by atoms with van der Waals surface area (Å²) < 4.78 is 8.09. The summed E-state index contributed by atoms with van der Waals surface area (Å²) in [6, 6.07) is 2.45. The Hall–Kier alpha value is -0.800. The van der Waals surface area contributed by atoms with Crippen molar-refractivity contribution in [3.8, 4) is 0 Å². The van der Waals surface area contributed by atoms with Crippen molar-refractivity contribution in [2.24, 2.45) is 11.1 Å². The maximum atomic E-state index is 6.34. The smallest absolute Gasteiger partial charge is 0.0649 e. The van der Waals surface area contributed by atoms with Crippen molar-refractivity contribution in [3.05, 3.63) is 23.0 Å². The van der Waals surface area contributed by atoms with Gasteiger partial charge in [-0.3, -0.25) is 0 Å². The van der Waals surface area contributed by atoms with Crippen LogP contribution in [-0.2, 0) is 17.7 Å². The monoisotopic (exact) mass is 264 g/mol. The van der Waals surface area contributed by atoms with Crippen LogP contribution in [0.15, 0.2) is 6.07 Å². The normalized spacial score (nSPS) is 21.7. The predicted octanol–water partition coefficient (Wildman–Crippen LogP) is 3.19. The summed E-state index contributed by atoms with van der Waals surface area (Å²) in [7, 11) is 0. The molecule has 1 atom stereocenters. The summed E-state index contributed by atoms with van der Waals surface area (Å²) in [5.74, 6) is 0. The van der Waals surface area contributed by atoms with Gasteiger partial charge in [0.25, 0.3) is 0 Å². The van der Waals surface area contributed by atoms with Crippen molar-refractivity contribution in [2.75, 3.05) is 6.61 Å². The molecule has 3 nitrogen and oxygen atoms in total.